The summed E-state index contributed by atoms with van der Waals surface area (Å²) < 4.78 is 0. The predicted molar refractivity (Wildman–Crippen MR) is 111 cm³/mol. The molecule has 0 aliphatic carbocycles. The Morgan fingerprint density at radius 2 is 1.67 bits per heavy atom. The fourth-order valence-electron chi connectivity index (χ4n) is 3.12. The van der Waals surface area contributed by atoms with Gasteiger partial charge in [-0.05, 0) is 23.8 Å². The van der Waals surface area contributed by atoms with Crippen LogP contribution in [0.25, 0.3) is 6.08 Å². The Bertz CT molecular complexity index is 1110. The number of rotatable bonds is 4. The van der Waals surface area contributed by atoms with Crippen molar-refractivity contribution in [1.29, 1.82) is 0 Å². The van der Waals surface area contributed by atoms with E-state index in [1.807, 2.05) is 30.3 Å². The maximum absolute atomic E-state index is 12.4. The van der Waals surface area contributed by atoms with E-state index in [1.165, 1.54) is 11.0 Å². The number of nitrogens with zero attached hydrogens (tertiary/aromatic N) is 2. The van der Waals surface area contributed by atoms with Gasteiger partial charge in [-0.2, -0.15) is 5.10 Å². The Hall–Kier alpha value is -4.20. The van der Waals surface area contributed by atoms with Crippen LogP contribution in [-0.4, -0.2) is 32.9 Å². The van der Waals surface area contributed by atoms with Crippen LogP contribution in [0.3, 0.4) is 0 Å². The second-order valence-corrected chi connectivity index (χ2v) is 6.74. The van der Waals surface area contributed by atoms with Crippen molar-refractivity contribution in [3.8, 4) is 0 Å². The topological polar surface area (TPSA) is 107 Å². The zero-order valence-corrected chi connectivity index (χ0v) is 16.0. The van der Waals surface area contributed by atoms with E-state index in [9.17, 15) is 14.4 Å². The van der Waals surface area contributed by atoms with Gasteiger partial charge < -0.3 is 10.2 Å². The number of carbonyl (C=O) groups is 3. The van der Waals surface area contributed by atoms with Crippen molar-refractivity contribution in [3.63, 3.8) is 0 Å². The third-order valence-corrected chi connectivity index (χ3v) is 4.66. The molecule has 8 heteroatoms. The smallest absolute Gasteiger partial charge is 0.314 e. The molecule has 3 aromatic rings. The number of aromatic nitrogens is 2. The molecule has 0 spiro atoms. The third-order valence-electron chi connectivity index (χ3n) is 4.66. The summed E-state index contributed by atoms with van der Waals surface area (Å²) in [6.07, 6.45) is 3.13. The third kappa shape index (κ3) is 4.27. The molecule has 2 heterocycles. The fourth-order valence-corrected chi connectivity index (χ4v) is 3.12. The first-order valence-corrected chi connectivity index (χ1v) is 9.35. The van der Waals surface area contributed by atoms with E-state index in [-0.39, 0.29) is 19.0 Å². The lowest BCUT2D eigenvalue weighted by Gasteiger charge is -2.16. The largest absolute Gasteiger partial charge is 0.324 e. The quantitative estimate of drug-likeness (QED) is 0.584. The van der Waals surface area contributed by atoms with Crippen LogP contribution in [0.4, 0.5) is 10.6 Å². The molecule has 0 radical (unpaired) electrons. The molecular weight excluding hydrogens is 382 g/mol. The molecule has 4 amide bonds. The van der Waals surface area contributed by atoms with Crippen molar-refractivity contribution in [2.24, 2.45) is 0 Å². The lowest BCUT2D eigenvalue weighted by Crippen LogP contribution is -2.40. The number of carbonyl (C=O) groups excluding carboxylic acids is 3. The number of benzene rings is 2. The fraction of sp³-hybridized carbons (Fsp3) is 0.0909. The van der Waals surface area contributed by atoms with Gasteiger partial charge in [-0.25, -0.2) is 4.79 Å². The van der Waals surface area contributed by atoms with Crippen LogP contribution in [0.15, 0.2) is 66.7 Å². The second-order valence-electron chi connectivity index (χ2n) is 6.74. The Labute approximate surface area is 172 Å². The Morgan fingerprint density at radius 3 is 2.40 bits per heavy atom. The molecular formula is C22H19N5O3. The van der Waals surface area contributed by atoms with Crippen molar-refractivity contribution >= 4 is 29.7 Å². The SMILES string of the molecule is O=C(/C=C\c1ccccc1)Nc1n[nH]c2c1CN(C(=O)NC(=O)c1ccccc1)C2. The van der Waals surface area contributed by atoms with E-state index in [2.05, 4.69) is 20.8 Å². The molecule has 0 unspecified atom stereocenters. The molecule has 0 saturated heterocycles. The average Bonchev–Trinajstić information content (AvgIpc) is 3.36. The highest BCUT2D eigenvalue weighted by atomic mass is 16.2. The summed E-state index contributed by atoms with van der Waals surface area (Å²) >= 11 is 0. The molecule has 30 heavy (non-hydrogen) atoms. The monoisotopic (exact) mass is 401 g/mol. The molecule has 1 aliphatic rings. The van der Waals surface area contributed by atoms with Gasteiger partial charge in [0.2, 0.25) is 5.91 Å². The van der Waals surface area contributed by atoms with E-state index < -0.39 is 11.9 Å². The highest BCUT2D eigenvalue weighted by molar-refractivity contribution is 6.04. The second kappa shape index (κ2) is 8.44. The number of aromatic amines is 1. The Kier molecular flexibility index (Phi) is 5.38. The van der Waals surface area contributed by atoms with Gasteiger partial charge in [0.05, 0.1) is 18.8 Å². The molecule has 3 N–H and O–H groups in total. The normalized spacial score (nSPS) is 12.6. The summed E-state index contributed by atoms with van der Waals surface area (Å²) in [4.78, 5) is 38.3. The van der Waals surface area contributed by atoms with Crippen molar-refractivity contribution in [3.05, 3.63) is 89.1 Å². The van der Waals surface area contributed by atoms with Crippen molar-refractivity contribution in [1.82, 2.24) is 20.4 Å². The van der Waals surface area contributed by atoms with Gasteiger partial charge in [0.25, 0.3) is 5.91 Å². The van der Waals surface area contributed by atoms with Crippen molar-refractivity contribution in [2.45, 2.75) is 13.1 Å². The van der Waals surface area contributed by atoms with Crippen molar-refractivity contribution in [2.75, 3.05) is 5.32 Å². The minimum absolute atomic E-state index is 0.234. The molecule has 0 bridgehead atoms. The van der Waals surface area contributed by atoms with Gasteiger partial charge in [0, 0.05) is 17.2 Å². The average molecular weight is 401 g/mol. The van der Waals surface area contributed by atoms with E-state index in [0.717, 1.165) is 16.8 Å². The number of urea groups is 1. The van der Waals surface area contributed by atoms with Gasteiger partial charge >= 0.3 is 6.03 Å². The van der Waals surface area contributed by atoms with Crippen LogP contribution in [0, 0.1) is 0 Å². The number of hydrogen-bond donors (Lipinski definition) is 3. The number of fused-ring (bicyclic) bond motifs is 1. The number of hydrogen-bond acceptors (Lipinski definition) is 4. The van der Waals surface area contributed by atoms with Gasteiger partial charge in [0.15, 0.2) is 5.82 Å². The first kappa shape index (κ1) is 19.1. The van der Waals surface area contributed by atoms with Gasteiger partial charge in [-0.3, -0.25) is 20.0 Å². The van der Waals surface area contributed by atoms with Crippen LogP contribution in [0.2, 0.25) is 0 Å². The molecule has 0 fully saturated rings. The summed E-state index contributed by atoms with van der Waals surface area (Å²) in [5, 5.41) is 12.1. The Morgan fingerprint density at radius 1 is 0.967 bits per heavy atom. The minimum Gasteiger partial charge on any atom is -0.314 e. The zero-order valence-electron chi connectivity index (χ0n) is 16.0. The summed E-state index contributed by atoms with van der Waals surface area (Å²) in [5.74, 6) is -0.415. The zero-order chi connectivity index (χ0) is 20.9. The minimum atomic E-state index is -0.505. The van der Waals surface area contributed by atoms with E-state index >= 15 is 0 Å². The summed E-state index contributed by atoms with van der Waals surface area (Å²) in [7, 11) is 0. The molecule has 0 saturated carbocycles. The molecule has 150 valence electrons. The standard InChI is InChI=1S/C22H19N5O3/c28-19(12-11-15-7-3-1-4-8-15)23-20-17-13-27(14-18(17)25-26-20)22(30)24-21(29)16-9-5-2-6-10-16/h1-12H,13-14H2,(H,24,29,30)(H2,23,25,26,28)/b12-11-. The lowest BCUT2D eigenvalue weighted by molar-refractivity contribution is -0.111. The van der Waals surface area contributed by atoms with Crippen LogP contribution in [0.1, 0.15) is 27.2 Å². The molecule has 0 atom stereocenters. The molecule has 2 aromatic carbocycles. The molecule has 4 rings (SSSR count). The number of nitrogens with one attached hydrogen (secondary N) is 3. The van der Waals surface area contributed by atoms with E-state index in [4.69, 9.17) is 0 Å². The predicted octanol–water partition coefficient (Wildman–Crippen LogP) is 2.93. The van der Waals surface area contributed by atoms with E-state index in [1.54, 1.807) is 36.4 Å². The number of H-pyrrole nitrogens is 1. The number of amides is 4. The van der Waals surface area contributed by atoms with Gasteiger partial charge in [-0.15, -0.1) is 0 Å². The number of anilines is 1. The highest BCUT2D eigenvalue weighted by Gasteiger charge is 2.29. The molecule has 8 nitrogen and oxygen atoms in total. The van der Waals surface area contributed by atoms with E-state index in [0.29, 0.717) is 11.4 Å². The van der Waals surface area contributed by atoms with Crippen LogP contribution in [0.5, 0.6) is 0 Å². The Balaban J connectivity index is 1.36. The van der Waals surface area contributed by atoms with Crippen LogP contribution < -0.4 is 10.6 Å². The number of imide groups is 1. The van der Waals surface area contributed by atoms with Gasteiger partial charge in [0.1, 0.15) is 0 Å². The lowest BCUT2D eigenvalue weighted by atomic mass is 10.2. The molecule has 1 aromatic heterocycles. The summed E-state index contributed by atoms with van der Waals surface area (Å²) in [5.41, 5.74) is 2.76. The molecule has 1 aliphatic heterocycles. The maximum Gasteiger partial charge on any atom is 0.324 e. The van der Waals surface area contributed by atoms with Gasteiger partial charge in [-0.1, -0.05) is 48.5 Å². The first-order chi connectivity index (χ1) is 14.6. The summed E-state index contributed by atoms with van der Waals surface area (Å²) in [6, 6.07) is 17.5. The van der Waals surface area contributed by atoms with Crippen molar-refractivity contribution < 1.29 is 14.4 Å². The van der Waals surface area contributed by atoms with Crippen LogP contribution in [-0.2, 0) is 17.9 Å². The maximum atomic E-state index is 12.4. The first-order valence-electron chi connectivity index (χ1n) is 9.35. The van der Waals surface area contributed by atoms with Crippen LogP contribution >= 0.6 is 0 Å². The summed E-state index contributed by atoms with van der Waals surface area (Å²) in [6.45, 7) is 0.504. The highest BCUT2D eigenvalue weighted by Crippen LogP contribution is 2.27.